The van der Waals surface area contributed by atoms with Gasteiger partial charge in [-0.1, -0.05) is 23.7 Å². The van der Waals surface area contributed by atoms with Gasteiger partial charge in [0.15, 0.2) is 0 Å². The molecule has 0 saturated carbocycles. The fraction of sp³-hybridized carbons (Fsp3) is 0.158. The number of nitrogens with one attached hydrogen (secondary N) is 1. The zero-order chi connectivity index (χ0) is 19.6. The van der Waals surface area contributed by atoms with Gasteiger partial charge in [-0.2, -0.15) is 5.26 Å². The number of benzene rings is 2. The van der Waals surface area contributed by atoms with Crippen LogP contribution in [0.2, 0.25) is 5.02 Å². The second kappa shape index (κ2) is 7.19. The molecule has 8 heteroatoms. The van der Waals surface area contributed by atoms with Gasteiger partial charge < -0.3 is 10.4 Å². The molecule has 0 radical (unpaired) electrons. The lowest BCUT2D eigenvalue weighted by Crippen LogP contribution is -2.31. The van der Waals surface area contributed by atoms with E-state index < -0.39 is 10.5 Å². The summed E-state index contributed by atoms with van der Waals surface area (Å²) in [5, 5.41) is 35.0. The van der Waals surface area contributed by atoms with E-state index in [1.807, 2.05) is 6.07 Å². The standard InChI is InChI=1S/C19H15ClN4O3/c1-19(25,13-3-2-4-14(20)8-13)11-22-18-7-12(10-21)16-9-15(24(26)27)5-6-17(16)23-18/h2-9,25H,11H2,1H3,(H,22,23). The van der Waals surface area contributed by atoms with Crippen molar-refractivity contribution < 1.29 is 10.0 Å². The van der Waals surface area contributed by atoms with Crippen LogP contribution in [0.25, 0.3) is 10.9 Å². The van der Waals surface area contributed by atoms with E-state index in [9.17, 15) is 20.5 Å². The van der Waals surface area contributed by atoms with Crippen LogP contribution in [0.5, 0.6) is 0 Å². The van der Waals surface area contributed by atoms with E-state index in [0.717, 1.165) is 0 Å². The summed E-state index contributed by atoms with van der Waals surface area (Å²) in [5.41, 5.74) is 0.0204. The smallest absolute Gasteiger partial charge is 0.270 e. The molecule has 2 N–H and O–H groups in total. The molecule has 3 aromatic rings. The summed E-state index contributed by atoms with van der Waals surface area (Å²) in [6.45, 7) is 1.77. The molecule has 1 aromatic heterocycles. The average molecular weight is 383 g/mol. The highest BCUT2D eigenvalue weighted by Gasteiger charge is 2.23. The minimum Gasteiger partial charge on any atom is -0.384 e. The average Bonchev–Trinajstić information content (AvgIpc) is 2.65. The molecule has 3 rings (SSSR count). The van der Waals surface area contributed by atoms with Gasteiger partial charge in [0.05, 0.1) is 22.1 Å². The summed E-state index contributed by atoms with van der Waals surface area (Å²) in [5.74, 6) is 0.384. The third kappa shape index (κ3) is 3.97. The van der Waals surface area contributed by atoms with E-state index in [1.54, 1.807) is 31.2 Å². The van der Waals surface area contributed by atoms with Gasteiger partial charge in [0.2, 0.25) is 0 Å². The Bertz CT molecular complexity index is 1080. The Morgan fingerprint density at radius 3 is 2.78 bits per heavy atom. The number of aromatic nitrogens is 1. The second-order valence-electron chi connectivity index (χ2n) is 6.26. The fourth-order valence-electron chi connectivity index (χ4n) is 2.70. The monoisotopic (exact) mass is 382 g/mol. The molecule has 7 nitrogen and oxygen atoms in total. The van der Waals surface area contributed by atoms with E-state index >= 15 is 0 Å². The van der Waals surface area contributed by atoms with Crippen molar-refractivity contribution in [2.45, 2.75) is 12.5 Å². The number of anilines is 1. The predicted molar refractivity (Wildman–Crippen MR) is 103 cm³/mol. The highest BCUT2D eigenvalue weighted by atomic mass is 35.5. The maximum absolute atomic E-state index is 10.9. The molecule has 0 bridgehead atoms. The summed E-state index contributed by atoms with van der Waals surface area (Å²) < 4.78 is 0. The number of pyridine rings is 1. The Morgan fingerprint density at radius 1 is 1.33 bits per heavy atom. The molecule has 0 amide bonds. The first-order chi connectivity index (χ1) is 12.8. The number of hydrogen-bond acceptors (Lipinski definition) is 6. The van der Waals surface area contributed by atoms with Crippen LogP contribution >= 0.6 is 11.6 Å². The topological polar surface area (TPSA) is 112 Å². The number of halogens is 1. The van der Waals surface area contributed by atoms with E-state index in [0.29, 0.717) is 27.3 Å². The first-order valence-corrected chi connectivity index (χ1v) is 8.39. The molecule has 0 saturated heterocycles. The van der Waals surface area contributed by atoms with Gasteiger partial charge >= 0.3 is 0 Å². The molecule has 136 valence electrons. The molecular weight excluding hydrogens is 368 g/mol. The highest BCUT2D eigenvalue weighted by Crippen LogP contribution is 2.27. The van der Waals surface area contributed by atoms with Gasteiger partial charge in [0.25, 0.3) is 5.69 Å². The van der Waals surface area contributed by atoms with Gasteiger partial charge in [-0.3, -0.25) is 10.1 Å². The van der Waals surface area contributed by atoms with Gasteiger partial charge in [-0.25, -0.2) is 4.98 Å². The Labute approximate surface area is 160 Å². The number of rotatable bonds is 5. The summed E-state index contributed by atoms with van der Waals surface area (Å²) >= 11 is 5.98. The largest absolute Gasteiger partial charge is 0.384 e. The lowest BCUT2D eigenvalue weighted by molar-refractivity contribution is -0.384. The van der Waals surface area contributed by atoms with Crippen LogP contribution in [0.4, 0.5) is 11.5 Å². The quantitative estimate of drug-likeness (QED) is 0.509. The van der Waals surface area contributed by atoms with Crippen molar-refractivity contribution in [2.75, 3.05) is 11.9 Å². The number of nitriles is 1. The van der Waals surface area contributed by atoms with Crippen LogP contribution in [0.1, 0.15) is 18.1 Å². The van der Waals surface area contributed by atoms with Crippen LogP contribution < -0.4 is 5.32 Å². The number of nitro benzene ring substituents is 1. The minimum absolute atomic E-state index is 0.106. The van der Waals surface area contributed by atoms with Crippen LogP contribution in [0.15, 0.2) is 48.5 Å². The SMILES string of the molecule is CC(O)(CNc1cc(C#N)c2cc([N+](=O)[O-])ccc2n1)c1cccc(Cl)c1. The maximum Gasteiger partial charge on any atom is 0.270 e. The van der Waals surface area contributed by atoms with Crippen molar-refractivity contribution in [3.63, 3.8) is 0 Å². The molecule has 1 atom stereocenters. The Kier molecular flexibility index (Phi) is 4.95. The molecule has 2 aromatic carbocycles. The third-order valence-corrected chi connectivity index (χ3v) is 4.42. The number of nitro groups is 1. The van der Waals surface area contributed by atoms with Crippen molar-refractivity contribution in [3.8, 4) is 6.07 Å². The van der Waals surface area contributed by atoms with Crippen LogP contribution in [0.3, 0.4) is 0 Å². The number of aliphatic hydroxyl groups is 1. The predicted octanol–water partition coefficient (Wildman–Crippen LogP) is 3.99. The third-order valence-electron chi connectivity index (χ3n) is 4.18. The number of fused-ring (bicyclic) bond motifs is 1. The van der Waals surface area contributed by atoms with Crippen LogP contribution in [-0.4, -0.2) is 21.6 Å². The van der Waals surface area contributed by atoms with Crippen molar-refractivity contribution >= 4 is 34.0 Å². The molecular formula is C19H15ClN4O3. The summed E-state index contributed by atoms with van der Waals surface area (Å²) in [6.07, 6.45) is 0. The van der Waals surface area contributed by atoms with E-state index in [-0.39, 0.29) is 17.8 Å². The Balaban J connectivity index is 1.90. The lowest BCUT2D eigenvalue weighted by atomic mass is 9.96. The summed E-state index contributed by atoms with van der Waals surface area (Å²) in [6, 6.07) is 14.6. The highest BCUT2D eigenvalue weighted by molar-refractivity contribution is 6.30. The van der Waals surface area contributed by atoms with Crippen molar-refractivity contribution in [2.24, 2.45) is 0 Å². The maximum atomic E-state index is 10.9. The first-order valence-electron chi connectivity index (χ1n) is 8.02. The lowest BCUT2D eigenvalue weighted by Gasteiger charge is -2.25. The van der Waals surface area contributed by atoms with Gasteiger partial charge in [0, 0.05) is 29.1 Å². The molecule has 0 spiro atoms. The molecule has 0 aliphatic heterocycles. The van der Waals surface area contributed by atoms with Crippen molar-refractivity contribution in [1.29, 1.82) is 5.26 Å². The zero-order valence-corrected chi connectivity index (χ0v) is 15.1. The molecule has 1 unspecified atom stereocenters. The number of nitrogens with zero attached hydrogens (tertiary/aromatic N) is 3. The zero-order valence-electron chi connectivity index (χ0n) is 14.3. The second-order valence-corrected chi connectivity index (χ2v) is 6.70. The van der Waals surface area contributed by atoms with Gasteiger partial charge in [0.1, 0.15) is 11.4 Å². The Hall–Kier alpha value is -3.21. The molecule has 0 aliphatic rings. The van der Waals surface area contributed by atoms with Crippen LogP contribution in [0, 0.1) is 21.4 Å². The Morgan fingerprint density at radius 2 is 2.11 bits per heavy atom. The van der Waals surface area contributed by atoms with Gasteiger partial charge in [-0.05, 0) is 36.8 Å². The van der Waals surface area contributed by atoms with Crippen molar-refractivity contribution in [3.05, 3.63) is 74.8 Å². The fourth-order valence-corrected chi connectivity index (χ4v) is 2.89. The number of non-ortho nitro benzene ring substituents is 1. The summed E-state index contributed by atoms with van der Waals surface area (Å²) in [7, 11) is 0. The van der Waals surface area contributed by atoms with E-state index in [4.69, 9.17) is 11.6 Å². The first kappa shape index (κ1) is 18.6. The van der Waals surface area contributed by atoms with Crippen molar-refractivity contribution in [1.82, 2.24) is 4.98 Å². The van der Waals surface area contributed by atoms with Crippen LogP contribution in [-0.2, 0) is 5.60 Å². The number of hydrogen-bond donors (Lipinski definition) is 2. The molecule has 0 aliphatic carbocycles. The van der Waals surface area contributed by atoms with E-state index in [2.05, 4.69) is 10.3 Å². The van der Waals surface area contributed by atoms with Gasteiger partial charge in [-0.15, -0.1) is 0 Å². The molecule has 0 fully saturated rings. The van der Waals surface area contributed by atoms with E-state index in [1.165, 1.54) is 24.3 Å². The summed E-state index contributed by atoms with van der Waals surface area (Å²) in [4.78, 5) is 14.8. The minimum atomic E-state index is -1.22. The molecule has 1 heterocycles. The normalized spacial score (nSPS) is 13.0. The molecule has 27 heavy (non-hydrogen) atoms.